The number of carbonyl (C=O) groups excluding carboxylic acids is 1. The van der Waals surface area contributed by atoms with Crippen LogP contribution in [0, 0.1) is 0 Å². The number of nitrogens with one attached hydrogen (secondary N) is 1. The largest absolute Gasteiger partial charge is 0.452 e. The Morgan fingerprint density at radius 2 is 2.05 bits per heavy atom. The highest BCUT2D eigenvalue weighted by atomic mass is 35.5. The molecular weight excluding hydrogens is 282 g/mol. The van der Waals surface area contributed by atoms with E-state index in [0.717, 1.165) is 5.56 Å². The van der Waals surface area contributed by atoms with E-state index >= 15 is 0 Å². The highest BCUT2D eigenvalue weighted by Gasteiger charge is 2.19. The van der Waals surface area contributed by atoms with Gasteiger partial charge >= 0.3 is 0 Å². The predicted octanol–water partition coefficient (Wildman–Crippen LogP) is 3.23. The quantitative estimate of drug-likeness (QED) is 0.944. The number of ether oxygens (including phenoxy) is 2. The molecule has 1 amide bonds. The molecule has 0 atom stereocenters. The first kappa shape index (κ1) is 13.2. The number of rotatable bonds is 3. The third-order valence-corrected chi connectivity index (χ3v) is 3.19. The monoisotopic (exact) mass is 293 g/mol. The van der Waals surface area contributed by atoms with E-state index in [1.807, 2.05) is 18.2 Å². The molecule has 0 saturated carbocycles. The topological polar surface area (TPSA) is 60.7 Å². The normalized spacial score (nSPS) is 15.4. The van der Waals surface area contributed by atoms with Crippen molar-refractivity contribution in [3.63, 3.8) is 0 Å². The highest BCUT2D eigenvalue weighted by molar-refractivity contribution is 6.32. The fourth-order valence-corrected chi connectivity index (χ4v) is 2.17. The van der Waals surface area contributed by atoms with Crippen molar-refractivity contribution in [2.45, 2.75) is 6.29 Å². The molecule has 1 fully saturated rings. The molecular formula is C14H12ClNO4. The van der Waals surface area contributed by atoms with E-state index in [9.17, 15) is 4.79 Å². The van der Waals surface area contributed by atoms with Gasteiger partial charge < -0.3 is 19.2 Å². The lowest BCUT2D eigenvalue weighted by molar-refractivity contribution is -0.0440. The van der Waals surface area contributed by atoms with Crippen LogP contribution in [0.2, 0.25) is 5.22 Å². The van der Waals surface area contributed by atoms with Gasteiger partial charge in [-0.15, -0.1) is 0 Å². The van der Waals surface area contributed by atoms with Crippen LogP contribution >= 0.6 is 11.6 Å². The molecule has 0 radical (unpaired) electrons. The van der Waals surface area contributed by atoms with Gasteiger partial charge in [0.25, 0.3) is 5.91 Å². The van der Waals surface area contributed by atoms with Gasteiger partial charge in [0.1, 0.15) is 0 Å². The molecule has 104 valence electrons. The Hall–Kier alpha value is -1.82. The minimum atomic E-state index is -0.371. The molecule has 0 spiro atoms. The van der Waals surface area contributed by atoms with Crippen LogP contribution in [0.3, 0.4) is 0 Å². The second-order valence-electron chi connectivity index (χ2n) is 4.26. The lowest BCUT2D eigenvalue weighted by atomic mass is 10.2. The van der Waals surface area contributed by atoms with Crippen LogP contribution in [0.4, 0.5) is 5.69 Å². The standard InChI is InChI=1S/C14H12ClNO4/c15-12-11(4-5-18-12)13(17)16-10-3-1-2-9(8-10)14-19-6-7-20-14/h1-5,8,14H,6-7H2,(H,16,17). The third-order valence-electron chi connectivity index (χ3n) is 2.90. The number of hydrogen-bond donors (Lipinski definition) is 1. The Morgan fingerprint density at radius 3 is 2.75 bits per heavy atom. The van der Waals surface area contributed by atoms with Gasteiger partial charge in [0.05, 0.1) is 25.0 Å². The maximum absolute atomic E-state index is 12.0. The van der Waals surface area contributed by atoms with Crippen LogP contribution in [0.5, 0.6) is 0 Å². The summed E-state index contributed by atoms with van der Waals surface area (Å²) in [5, 5.41) is 2.82. The summed E-state index contributed by atoms with van der Waals surface area (Å²) in [5.74, 6) is -0.325. The van der Waals surface area contributed by atoms with Crippen LogP contribution in [0.15, 0.2) is 41.0 Å². The van der Waals surface area contributed by atoms with Gasteiger partial charge in [0.2, 0.25) is 5.22 Å². The minimum absolute atomic E-state index is 0.0705. The van der Waals surface area contributed by atoms with E-state index in [2.05, 4.69) is 5.32 Å². The van der Waals surface area contributed by atoms with Crippen LogP contribution in [-0.2, 0) is 9.47 Å². The van der Waals surface area contributed by atoms with E-state index in [0.29, 0.717) is 24.5 Å². The van der Waals surface area contributed by atoms with Gasteiger partial charge in [-0.05, 0) is 29.8 Å². The van der Waals surface area contributed by atoms with Gasteiger partial charge in [-0.25, -0.2) is 0 Å². The molecule has 0 unspecified atom stereocenters. The number of benzene rings is 1. The summed E-state index contributed by atoms with van der Waals surface area (Å²) in [7, 11) is 0. The van der Waals surface area contributed by atoms with E-state index in [-0.39, 0.29) is 17.4 Å². The summed E-state index contributed by atoms with van der Waals surface area (Å²) in [4.78, 5) is 12.0. The smallest absolute Gasteiger partial charge is 0.260 e. The average molecular weight is 294 g/mol. The van der Waals surface area contributed by atoms with Gasteiger partial charge in [0.15, 0.2) is 6.29 Å². The van der Waals surface area contributed by atoms with Crippen molar-refractivity contribution in [1.82, 2.24) is 0 Å². The Kier molecular flexibility index (Phi) is 3.73. The number of amides is 1. The van der Waals surface area contributed by atoms with Crippen LogP contribution in [-0.4, -0.2) is 19.1 Å². The summed E-state index contributed by atoms with van der Waals surface area (Å²) in [6, 6.07) is 8.82. The fraction of sp³-hybridized carbons (Fsp3) is 0.214. The Morgan fingerprint density at radius 1 is 1.25 bits per heavy atom. The maximum atomic E-state index is 12.0. The lowest BCUT2D eigenvalue weighted by Gasteiger charge is -2.11. The van der Waals surface area contributed by atoms with Gasteiger partial charge in [-0.2, -0.15) is 0 Å². The third kappa shape index (κ3) is 2.70. The first-order valence-electron chi connectivity index (χ1n) is 6.11. The van der Waals surface area contributed by atoms with Gasteiger partial charge in [0, 0.05) is 11.3 Å². The number of furan rings is 1. The van der Waals surface area contributed by atoms with Crippen LogP contribution in [0.25, 0.3) is 0 Å². The molecule has 1 N–H and O–H groups in total. The zero-order valence-electron chi connectivity index (χ0n) is 10.5. The molecule has 0 bridgehead atoms. The molecule has 5 nitrogen and oxygen atoms in total. The summed E-state index contributed by atoms with van der Waals surface area (Å²) >= 11 is 5.77. The van der Waals surface area contributed by atoms with Crippen LogP contribution in [0.1, 0.15) is 22.2 Å². The molecule has 2 aromatic rings. The number of carbonyl (C=O) groups is 1. The second kappa shape index (κ2) is 5.66. The molecule has 1 aliphatic rings. The van der Waals surface area contributed by atoms with E-state index < -0.39 is 0 Å². The van der Waals surface area contributed by atoms with Crippen molar-refractivity contribution < 1.29 is 18.7 Å². The molecule has 3 rings (SSSR count). The Labute approximate surface area is 120 Å². The molecule has 0 aliphatic carbocycles. The summed E-state index contributed by atoms with van der Waals surface area (Å²) in [6.07, 6.45) is 0.998. The Bertz CT molecular complexity index is 619. The van der Waals surface area contributed by atoms with Crippen LogP contribution < -0.4 is 5.32 Å². The van der Waals surface area contributed by atoms with E-state index in [4.69, 9.17) is 25.5 Å². The number of halogens is 1. The SMILES string of the molecule is O=C(Nc1cccc(C2OCCO2)c1)c1ccoc1Cl. The van der Waals surface area contributed by atoms with Crippen molar-refractivity contribution in [2.75, 3.05) is 18.5 Å². The first-order valence-corrected chi connectivity index (χ1v) is 6.49. The number of anilines is 1. The van der Waals surface area contributed by atoms with Crippen molar-refractivity contribution in [2.24, 2.45) is 0 Å². The zero-order valence-corrected chi connectivity index (χ0v) is 11.2. The molecule has 2 heterocycles. The average Bonchev–Trinajstić information content (AvgIpc) is 3.09. The lowest BCUT2D eigenvalue weighted by Crippen LogP contribution is -2.11. The zero-order chi connectivity index (χ0) is 13.9. The number of hydrogen-bond acceptors (Lipinski definition) is 4. The predicted molar refractivity (Wildman–Crippen MR) is 72.8 cm³/mol. The second-order valence-corrected chi connectivity index (χ2v) is 4.60. The summed E-state index contributed by atoms with van der Waals surface area (Å²) < 4.78 is 15.7. The molecule has 6 heteroatoms. The van der Waals surface area contributed by atoms with Gasteiger partial charge in [-0.1, -0.05) is 12.1 Å². The molecule has 1 aliphatic heterocycles. The molecule has 1 aromatic heterocycles. The fourth-order valence-electron chi connectivity index (χ4n) is 1.97. The molecule has 1 aromatic carbocycles. The Balaban J connectivity index is 1.76. The van der Waals surface area contributed by atoms with E-state index in [1.54, 1.807) is 6.07 Å². The van der Waals surface area contributed by atoms with Gasteiger partial charge in [-0.3, -0.25) is 4.79 Å². The minimum Gasteiger partial charge on any atom is -0.452 e. The van der Waals surface area contributed by atoms with E-state index in [1.165, 1.54) is 12.3 Å². The van der Waals surface area contributed by atoms with Crippen molar-refractivity contribution in [1.29, 1.82) is 0 Å². The highest BCUT2D eigenvalue weighted by Crippen LogP contribution is 2.26. The van der Waals surface area contributed by atoms with Crippen molar-refractivity contribution in [3.8, 4) is 0 Å². The maximum Gasteiger partial charge on any atom is 0.260 e. The van der Waals surface area contributed by atoms with Crippen molar-refractivity contribution >= 4 is 23.2 Å². The summed E-state index contributed by atoms with van der Waals surface area (Å²) in [6.45, 7) is 1.15. The molecule has 20 heavy (non-hydrogen) atoms. The first-order chi connectivity index (χ1) is 9.74. The van der Waals surface area contributed by atoms with Crippen molar-refractivity contribution in [3.05, 3.63) is 52.9 Å². The summed E-state index contributed by atoms with van der Waals surface area (Å²) in [5.41, 5.74) is 1.80. The molecule has 1 saturated heterocycles.